The number of benzene rings is 2. The minimum absolute atomic E-state index is 0.0669. The molecule has 4 rings (SSSR count). The molecule has 0 fully saturated rings. The van der Waals surface area contributed by atoms with Crippen LogP contribution in [0, 0.1) is 0 Å². The number of nitrogens with zero attached hydrogens (tertiary/aromatic N) is 2. The number of anilines is 2. The maximum atomic E-state index is 12.7. The Labute approximate surface area is 200 Å². The fourth-order valence-corrected chi connectivity index (χ4v) is 4.66. The van der Waals surface area contributed by atoms with Gasteiger partial charge >= 0.3 is 0 Å². The van der Waals surface area contributed by atoms with Gasteiger partial charge in [0.15, 0.2) is 6.61 Å². The average Bonchev–Trinajstić information content (AvgIpc) is 3.28. The summed E-state index contributed by atoms with van der Waals surface area (Å²) in [5.41, 5.74) is 2.40. The van der Waals surface area contributed by atoms with Gasteiger partial charge in [-0.3, -0.25) is 14.5 Å². The number of methoxy groups -OCH3 is 1. The number of hydrogen-bond acceptors (Lipinski definition) is 8. The van der Waals surface area contributed by atoms with Gasteiger partial charge in [0, 0.05) is 30.2 Å². The third kappa shape index (κ3) is 5.42. The van der Waals surface area contributed by atoms with Gasteiger partial charge < -0.3 is 14.8 Å². The van der Waals surface area contributed by atoms with Crippen LogP contribution >= 0.6 is 11.3 Å². The van der Waals surface area contributed by atoms with Crippen LogP contribution in [-0.2, 0) is 30.8 Å². The van der Waals surface area contributed by atoms with E-state index in [0.29, 0.717) is 30.2 Å². The quantitative estimate of drug-likeness (QED) is 0.480. The molecule has 1 aliphatic rings. The zero-order valence-corrected chi connectivity index (χ0v) is 19.8. The van der Waals surface area contributed by atoms with Crippen molar-refractivity contribution in [3.8, 4) is 17.0 Å². The third-order valence-corrected chi connectivity index (χ3v) is 6.88. The number of carbonyl (C=O) groups excluding carboxylic acids is 2. The molecule has 1 aromatic heterocycles. The lowest BCUT2D eigenvalue weighted by molar-refractivity contribution is -0.123. The van der Waals surface area contributed by atoms with Crippen LogP contribution in [0.4, 0.5) is 11.4 Å². The smallest absolute Gasteiger partial charge is 0.265 e. The lowest BCUT2D eigenvalue weighted by Crippen LogP contribution is -2.43. The van der Waals surface area contributed by atoms with Crippen LogP contribution in [-0.4, -0.2) is 52.1 Å². The van der Waals surface area contributed by atoms with Crippen LogP contribution in [0.3, 0.4) is 0 Å². The van der Waals surface area contributed by atoms with Crippen molar-refractivity contribution >= 4 is 44.5 Å². The van der Waals surface area contributed by atoms with E-state index in [1.54, 1.807) is 19.2 Å². The van der Waals surface area contributed by atoms with Crippen LogP contribution in [0.5, 0.6) is 5.75 Å². The van der Waals surface area contributed by atoms with E-state index in [9.17, 15) is 18.0 Å². The van der Waals surface area contributed by atoms with Crippen LogP contribution in [0.1, 0.15) is 5.01 Å². The number of hydrogen-bond donors (Lipinski definition) is 2. The number of thiazole rings is 1. The first-order chi connectivity index (χ1) is 16.2. The zero-order valence-electron chi connectivity index (χ0n) is 18.2. The molecule has 1 aliphatic heterocycles. The Bertz CT molecular complexity index is 1320. The molecule has 2 heterocycles. The van der Waals surface area contributed by atoms with E-state index in [-0.39, 0.29) is 24.0 Å². The van der Waals surface area contributed by atoms with Crippen LogP contribution in [0.15, 0.2) is 52.7 Å². The number of sulfonamides is 1. The number of nitrogens with one attached hydrogen (secondary N) is 1. The molecule has 0 bridgehead atoms. The molecular formula is C22H22N4O6S2. The number of fused-ring (bicyclic) bond motifs is 1. The number of carbonyl (C=O) groups is 2. The minimum atomic E-state index is -3.83. The fourth-order valence-electron chi connectivity index (χ4n) is 3.35. The highest BCUT2D eigenvalue weighted by Crippen LogP contribution is 2.36. The van der Waals surface area contributed by atoms with Gasteiger partial charge in [-0.2, -0.15) is 0 Å². The topological polar surface area (TPSA) is 141 Å². The van der Waals surface area contributed by atoms with Crippen molar-refractivity contribution in [2.75, 3.05) is 37.1 Å². The van der Waals surface area contributed by atoms with Gasteiger partial charge in [0.25, 0.3) is 5.91 Å². The Hall–Kier alpha value is -3.32. The monoisotopic (exact) mass is 502 g/mol. The van der Waals surface area contributed by atoms with E-state index in [0.717, 1.165) is 16.3 Å². The molecule has 3 aromatic rings. The molecule has 10 nitrogen and oxygen atoms in total. The van der Waals surface area contributed by atoms with Gasteiger partial charge in [-0.05, 0) is 42.5 Å². The molecule has 2 amide bonds. The number of ether oxygens (including phenoxy) is 2. The molecule has 3 N–H and O–H groups in total. The first-order valence-electron chi connectivity index (χ1n) is 10.2. The highest BCUT2D eigenvalue weighted by atomic mass is 32.2. The SMILES string of the molecule is COCCc1nc(-c2ccc3c(c2)N(CC(=O)Nc2ccc(S(N)(=O)=O)cc2)C(=O)CO3)cs1. The van der Waals surface area contributed by atoms with E-state index in [4.69, 9.17) is 14.6 Å². The number of aromatic nitrogens is 1. The Kier molecular flexibility index (Phi) is 6.93. The average molecular weight is 503 g/mol. The lowest BCUT2D eigenvalue weighted by Gasteiger charge is -2.29. The Morgan fingerprint density at radius 2 is 2.03 bits per heavy atom. The van der Waals surface area contributed by atoms with Gasteiger partial charge in [-0.1, -0.05) is 0 Å². The molecule has 0 saturated heterocycles. The molecular weight excluding hydrogens is 480 g/mol. The second-order valence-corrected chi connectivity index (χ2v) is 9.94. The summed E-state index contributed by atoms with van der Waals surface area (Å²) in [6, 6.07) is 10.8. The Balaban J connectivity index is 1.52. The highest BCUT2D eigenvalue weighted by molar-refractivity contribution is 7.89. The summed E-state index contributed by atoms with van der Waals surface area (Å²) >= 11 is 1.52. The molecule has 0 spiro atoms. The normalized spacial score (nSPS) is 13.4. The molecule has 0 saturated carbocycles. The van der Waals surface area contributed by atoms with Gasteiger partial charge in [-0.25, -0.2) is 18.5 Å². The predicted molar refractivity (Wildman–Crippen MR) is 127 cm³/mol. The summed E-state index contributed by atoms with van der Waals surface area (Å²) < 4.78 is 33.4. The lowest BCUT2D eigenvalue weighted by atomic mass is 10.1. The minimum Gasteiger partial charge on any atom is -0.482 e. The summed E-state index contributed by atoms with van der Waals surface area (Å²) in [5.74, 6) is -0.322. The van der Waals surface area contributed by atoms with Crippen LogP contribution < -0.4 is 20.1 Å². The van der Waals surface area contributed by atoms with Crippen molar-refractivity contribution in [1.29, 1.82) is 0 Å². The van der Waals surface area contributed by atoms with Crippen molar-refractivity contribution in [3.63, 3.8) is 0 Å². The first-order valence-corrected chi connectivity index (χ1v) is 12.6. The summed E-state index contributed by atoms with van der Waals surface area (Å²) in [6.45, 7) is 0.152. The first kappa shape index (κ1) is 23.8. The Morgan fingerprint density at radius 3 is 2.74 bits per heavy atom. The fraction of sp³-hybridized carbons (Fsp3) is 0.227. The second-order valence-electron chi connectivity index (χ2n) is 7.44. The standard InChI is InChI=1S/C22H22N4O6S2/c1-31-9-8-21-25-17(13-33-21)14-2-7-19-18(10-14)26(22(28)12-32-19)11-20(27)24-15-3-5-16(6-4-15)34(23,29)30/h2-7,10,13H,8-9,11-12H2,1H3,(H,24,27)(H2,23,29,30). The highest BCUT2D eigenvalue weighted by Gasteiger charge is 2.28. The zero-order chi connectivity index (χ0) is 24.3. The molecule has 12 heteroatoms. The molecule has 34 heavy (non-hydrogen) atoms. The van der Waals surface area contributed by atoms with Gasteiger partial charge in [-0.15, -0.1) is 11.3 Å². The van der Waals surface area contributed by atoms with Crippen molar-refractivity contribution < 1.29 is 27.5 Å². The maximum absolute atomic E-state index is 12.7. The second kappa shape index (κ2) is 9.89. The van der Waals surface area contributed by atoms with E-state index in [1.165, 1.54) is 40.5 Å². The summed E-state index contributed by atoms with van der Waals surface area (Å²) in [7, 11) is -2.19. The third-order valence-electron chi connectivity index (χ3n) is 5.04. The number of nitrogens with two attached hydrogens (primary N) is 1. The molecule has 2 aromatic carbocycles. The molecule has 0 atom stereocenters. The summed E-state index contributed by atoms with van der Waals surface area (Å²) in [4.78, 5) is 31.2. The van der Waals surface area contributed by atoms with Gasteiger partial charge in [0.2, 0.25) is 15.9 Å². The predicted octanol–water partition coefficient (Wildman–Crippen LogP) is 2.01. The van der Waals surface area contributed by atoms with Crippen LogP contribution in [0.25, 0.3) is 11.3 Å². The number of primary sulfonamides is 1. The van der Waals surface area contributed by atoms with E-state index >= 15 is 0 Å². The van der Waals surface area contributed by atoms with E-state index in [1.807, 2.05) is 11.4 Å². The molecule has 0 unspecified atom stereocenters. The molecule has 178 valence electrons. The van der Waals surface area contributed by atoms with Gasteiger partial charge in [0.1, 0.15) is 12.3 Å². The summed E-state index contributed by atoms with van der Waals surface area (Å²) in [6.07, 6.45) is 0.707. The van der Waals surface area contributed by atoms with Crippen LogP contribution in [0.2, 0.25) is 0 Å². The Morgan fingerprint density at radius 1 is 1.26 bits per heavy atom. The number of rotatable bonds is 8. The van der Waals surface area contributed by atoms with Crippen molar-refractivity contribution in [2.45, 2.75) is 11.3 Å². The van der Waals surface area contributed by atoms with Crippen molar-refractivity contribution in [3.05, 3.63) is 52.9 Å². The summed E-state index contributed by atoms with van der Waals surface area (Å²) in [5, 5.41) is 10.6. The number of amides is 2. The van der Waals surface area contributed by atoms with E-state index in [2.05, 4.69) is 10.3 Å². The maximum Gasteiger partial charge on any atom is 0.265 e. The van der Waals surface area contributed by atoms with Crippen molar-refractivity contribution in [1.82, 2.24) is 4.98 Å². The molecule has 0 aliphatic carbocycles. The molecule has 0 radical (unpaired) electrons. The van der Waals surface area contributed by atoms with Gasteiger partial charge in [0.05, 0.1) is 27.9 Å². The largest absolute Gasteiger partial charge is 0.482 e. The van der Waals surface area contributed by atoms with Crippen molar-refractivity contribution in [2.24, 2.45) is 5.14 Å². The van der Waals surface area contributed by atoms with E-state index < -0.39 is 15.9 Å².